The maximum atomic E-state index is 10.6. The summed E-state index contributed by atoms with van der Waals surface area (Å²) in [6.07, 6.45) is 0.388. The molecule has 0 saturated heterocycles. The Bertz CT molecular complexity index is 472. The van der Waals surface area contributed by atoms with Crippen LogP contribution in [0.25, 0.3) is 0 Å². The van der Waals surface area contributed by atoms with Gasteiger partial charge in [-0.05, 0) is 49.9 Å². The molecule has 0 saturated carbocycles. The van der Waals surface area contributed by atoms with E-state index >= 15 is 0 Å². The van der Waals surface area contributed by atoms with E-state index in [-0.39, 0.29) is 0 Å². The number of aryl methyl sites for hydroxylation is 1. The third-order valence-corrected chi connectivity index (χ3v) is 3.34. The molecule has 0 aliphatic rings. The normalized spacial score (nSPS) is 12.1. The lowest BCUT2D eigenvalue weighted by Crippen LogP contribution is -2.32. The molecule has 5 heteroatoms. The highest BCUT2D eigenvalue weighted by atomic mass is 16.5. The summed E-state index contributed by atoms with van der Waals surface area (Å²) in [5, 5.41) is 12.0. The van der Waals surface area contributed by atoms with Crippen molar-refractivity contribution in [3.05, 3.63) is 22.8 Å². The molecule has 19 heavy (non-hydrogen) atoms. The van der Waals surface area contributed by atoms with Crippen LogP contribution in [0.1, 0.15) is 23.1 Å². The zero-order valence-corrected chi connectivity index (χ0v) is 11.9. The summed E-state index contributed by atoms with van der Waals surface area (Å²) in [5.74, 6) is -0.107. The van der Waals surface area contributed by atoms with Crippen LogP contribution in [-0.2, 0) is 4.79 Å². The summed E-state index contributed by atoms with van der Waals surface area (Å²) >= 11 is 0. The number of benzene rings is 1. The monoisotopic (exact) mass is 266 g/mol. The number of aliphatic carboxylic acids is 1. The number of carbonyl (C=O) groups is 1. The van der Waals surface area contributed by atoms with Crippen molar-refractivity contribution in [1.29, 1.82) is 0 Å². The number of carboxylic acid groups (broad SMARTS) is 1. The maximum Gasteiger partial charge on any atom is 0.320 e. The van der Waals surface area contributed by atoms with Crippen LogP contribution >= 0.6 is 0 Å². The highest BCUT2D eigenvalue weighted by molar-refractivity contribution is 5.73. The molecule has 1 unspecified atom stereocenters. The van der Waals surface area contributed by atoms with Crippen molar-refractivity contribution < 1.29 is 14.6 Å². The molecule has 106 valence electrons. The van der Waals surface area contributed by atoms with E-state index in [0.717, 1.165) is 28.1 Å². The standard InChI is InChI=1S/C14H22N2O3/c1-8-7-12(19-4)9(2)10(3)13(8)16-6-5-11(15)14(17)18/h7,11,16H,5-6,15H2,1-4H3,(H,17,18). The Kier molecular flexibility index (Phi) is 5.18. The number of hydrogen-bond donors (Lipinski definition) is 3. The first kappa shape index (κ1) is 15.3. The fraction of sp³-hybridized carbons (Fsp3) is 0.500. The number of carboxylic acids is 1. The van der Waals surface area contributed by atoms with Crippen LogP contribution in [0.5, 0.6) is 5.75 Å². The zero-order chi connectivity index (χ0) is 14.6. The maximum absolute atomic E-state index is 10.6. The van der Waals surface area contributed by atoms with E-state index in [2.05, 4.69) is 5.32 Å². The topological polar surface area (TPSA) is 84.6 Å². The van der Waals surface area contributed by atoms with Crippen molar-refractivity contribution >= 4 is 11.7 Å². The van der Waals surface area contributed by atoms with Gasteiger partial charge >= 0.3 is 5.97 Å². The molecule has 1 aromatic carbocycles. The second kappa shape index (κ2) is 6.43. The van der Waals surface area contributed by atoms with Crippen LogP contribution in [0.4, 0.5) is 5.69 Å². The van der Waals surface area contributed by atoms with Crippen LogP contribution in [0.15, 0.2) is 6.07 Å². The van der Waals surface area contributed by atoms with Crippen LogP contribution in [0.3, 0.4) is 0 Å². The lowest BCUT2D eigenvalue weighted by atomic mass is 10.0. The molecule has 0 fully saturated rings. The molecule has 1 aromatic rings. The van der Waals surface area contributed by atoms with Crippen LogP contribution < -0.4 is 15.8 Å². The minimum Gasteiger partial charge on any atom is -0.496 e. The predicted octanol–water partition coefficient (Wildman–Crippen LogP) is 1.83. The van der Waals surface area contributed by atoms with E-state index in [9.17, 15) is 4.79 Å². The molecule has 0 aliphatic heterocycles. The minimum atomic E-state index is -0.971. The molecule has 0 heterocycles. The van der Waals surface area contributed by atoms with Gasteiger partial charge in [-0.2, -0.15) is 0 Å². The summed E-state index contributed by atoms with van der Waals surface area (Å²) in [5.41, 5.74) is 9.76. The second-order valence-corrected chi connectivity index (χ2v) is 4.68. The van der Waals surface area contributed by atoms with E-state index in [1.165, 1.54) is 0 Å². The summed E-state index contributed by atoms with van der Waals surface area (Å²) < 4.78 is 5.31. The van der Waals surface area contributed by atoms with Gasteiger partial charge in [-0.15, -0.1) is 0 Å². The third kappa shape index (κ3) is 3.61. The lowest BCUT2D eigenvalue weighted by Gasteiger charge is -2.18. The average molecular weight is 266 g/mol. The highest BCUT2D eigenvalue weighted by Crippen LogP contribution is 2.31. The van der Waals surface area contributed by atoms with Crippen LogP contribution in [0, 0.1) is 20.8 Å². The summed E-state index contributed by atoms with van der Waals surface area (Å²) in [7, 11) is 1.65. The van der Waals surface area contributed by atoms with Gasteiger partial charge in [-0.3, -0.25) is 4.79 Å². The molecule has 0 aromatic heterocycles. The first-order valence-corrected chi connectivity index (χ1v) is 6.25. The van der Waals surface area contributed by atoms with E-state index in [0.29, 0.717) is 13.0 Å². The van der Waals surface area contributed by atoms with Gasteiger partial charge in [-0.1, -0.05) is 0 Å². The Morgan fingerprint density at radius 3 is 2.58 bits per heavy atom. The van der Waals surface area contributed by atoms with Gasteiger partial charge in [0.15, 0.2) is 0 Å². The van der Waals surface area contributed by atoms with Gasteiger partial charge in [0.25, 0.3) is 0 Å². The van der Waals surface area contributed by atoms with Crippen LogP contribution in [-0.4, -0.2) is 30.8 Å². The van der Waals surface area contributed by atoms with Crippen molar-refractivity contribution in [3.63, 3.8) is 0 Å². The van der Waals surface area contributed by atoms with Crippen molar-refractivity contribution in [2.24, 2.45) is 5.73 Å². The number of ether oxygens (including phenoxy) is 1. The van der Waals surface area contributed by atoms with E-state index in [4.69, 9.17) is 15.6 Å². The van der Waals surface area contributed by atoms with Gasteiger partial charge in [0, 0.05) is 12.2 Å². The Morgan fingerprint density at radius 1 is 1.42 bits per heavy atom. The fourth-order valence-corrected chi connectivity index (χ4v) is 2.01. The Balaban J connectivity index is 2.79. The second-order valence-electron chi connectivity index (χ2n) is 4.68. The van der Waals surface area contributed by atoms with Crippen molar-refractivity contribution in [2.45, 2.75) is 33.2 Å². The average Bonchev–Trinajstić information content (AvgIpc) is 2.37. The molecule has 0 aliphatic carbocycles. The number of nitrogens with one attached hydrogen (secondary N) is 1. The first-order valence-electron chi connectivity index (χ1n) is 6.25. The number of rotatable bonds is 6. The lowest BCUT2D eigenvalue weighted by molar-refractivity contribution is -0.138. The molecular formula is C14H22N2O3. The van der Waals surface area contributed by atoms with Gasteiger partial charge in [0.2, 0.25) is 0 Å². The van der Waals surface area contributed by atoms with Gasteiger partial charge < -0.3 is 20.9 Å². The van der Waals surface area contributed by atoms with Crippen molar-refractivity contribution in [3.8, 4) is 5.75 Å². The summed E-state index contributed by atoms with van der Waals surface area (Å²) in [6.45, 7) is 6.54. The van der Waals surface area contributed by atoms with Crippen LogP contribution in [0.2, 0.25) is 0 Å². The van der Waals surface area contributed by atoms with E-state index < -0.39 is 12.0 Å². The number of nitrogens with two attached hydrogens (primary N) is 1. The minimum absolute atomic E-state index is 0.388. The highest BCUT2D eigenvalue weighted by Gasteiger charge is 2.13. The molecular weight excluding hydrogens is 244 g/mol. The summed E-state index contributed by atoms with van der Waals surface area (Å²) in [4.78, 5) is 10.6. The summed E-state index contributed by atoms with van der Waals surface area (Å²) in [6, 6.07) is 1.15. The van der Waals surface area contributed by atoms with E-state index in [1.807, 2.05) is 26.8 Å². The smallest absolute Gasteiger partial charge is 0.320 e. The molecule has 0 amide bonds. The van der Waals surface area contributed by atoms with Gasteiger partial charge in [0.05, 0.1) is 7.11 Å². The number of methoxy groups -OCH3 is 1. The molecule has 5 nitrogen and oxygen atoms in total. The Morgan fingerprint density at radius 2 is 2.05 bits per heavy atom. The van der Waals surface area contributed by atoms with Gasteiger partial charge in [-0.25, -0.2) is 0 Å². The molecule has 0 radical (unpaired) electrons. The molecule has 0 bridgehead atoms. The zero-order valence-electron chi connectivity index (χ0n) is 11.9. The first-order chi connectivity index (χ1) is 8.88. The predicted molar refractivity (Wildman–Crippen MR) is 75.9 cm³/mol. The number of anilines is 1. The van der Waals surface area contributed by atoms with Crippen molar-refractivity contribution in [1.82, 2.24) is 0 Å². The largest absolute Gasteiger partial charge is 0.496 e. The Labute approximate surface area is 113 Å². The Hall–Kier alpha value is -1.75. The molecule has 1 atom stereocenters. The molecule has 4 N–H and O–H groups in total. The SMILES string of the molecule is COc1cc(C)c(NCCC(N)C(=O)O)c(C)c1C. The molecule has 1 rings (SSSR count). The van der Waals surface area contributed by atoms with Gasteiger partial charge in [0.1, 0.15) is 11.8 Å². The molecule has 0 spiro atoms. The fourth-order valence-electron chi connectivity index (χ4n) is 2.01. The van der Waals surface area contributed by atoms with E-state index in [1.54, 1.807) is 7.11 Å². The number of hydrogen-bond acceptors (Lipinski definition) is 4. The third-order valence-electron chi connectivity index (χ3n) is 3.34. The quantitative estimate of drug-likeness (QED) is 0.731. The van der Waals surface area contributed by atoms with Crippen molar-refractivity contribution in [2.75, 3.05) is 19.0 Å².